The predicted molar refractivity (Wildman–Crippen MR) is 90.3 cm³/mol. The standard InChI is InChI=1S/C16H19ClN2O2S/c1-9-6-10(2)14(11(17)7-9)18-15(21)12-8-22-16(3)5-4-13(20)19(12)16/h6-7,12H,4-5,8H2,1-3H3,(H,18,21)/t12-,16+/m1/s1. The number of nitrogens with zero attached hydrogens (tertiary/aromatic N) is 1. The van der Waals surface area contributed by atoms with E-state index in [9.17, 15) is 9.59 Å². The predicted octanol–water partition coefficient (Wildman–Crippen LogP) is 3.35. The number of anilines is 1. The number of aryl methyl sites for hydroxylation is 2. The largest absolute Gasteiger partial charge is 0.323 e. The molecule has 2 amide bonds. The number of hydrogen-bond donors (Lipinski definition) is 1. The molecule has 2 heterocycles. The minimum absolute atomic E-state index is 0.0689. The summed E-state index contributed by atoms with van der Waals surface area (Å²) in [5.41, 5.74) is 2.63. The van der Waals surface area contributed by atoms with E-state index >= 15 is 0 Å². The molecule has 2 fully saturated rings. The zero-order valence-corrected chi connectivity index (χ0v) is 14.5. The molecule has 22 heavy (non-hydrogen) atoms. The first-order valence-corrected chi connectivity index (χ1v) is 8.72. The van der Waals surface area contributed by atoms with Crippen molar-refractivity contribution < 1.29 is 9.59 Å². The monoisotopic (exact) mass is 338 g/mol. The van der Waals surface area contributed by atoms with E-state index in [4.69, 9.17) is 11.6 Å². The van der Waals surface area contributed by atoms with Crippen LogP contribution in [0.5, 0.6) is 0 Å². The van der Waals surface area contributed by atoms with Crippen LogP contribution in [0.3, 0.4) is 0 Å². The lowest BCUT2D eigenvalue weighted by molar-refractivity contribution is -0.135. The van der Waals surface area contributed by atoms with Crippen LogP contribution in [0.2, 0.25) is 5.02 Å². The van der Waals surface area contributed by atoms with Gasteiger partial charge in [0.25, 0.3) is 0 Å². The molecule has 4 nitrogen and oxygen atoms in total. The van der Waals surface area contributed by atoms with E-state index in [0.717, 1.165) is 17.5 Å². The average molecular weight is 339 g/mol. The Balaban J connectivity index is 1.83. The van der Waals surface area contributed by atoms with Crippen LogP contribution in [0.15, 0.2) is 12.1 Å². The Hall–Kier alpha value is -1.20. The Bertz CT molecular complexity index is 641. The second-order valence-corrected chi connectivity index (χ2v) is 8.10. The van der Waals surface area contributed by atoms with Crippen molar-refractivity contribution in [3.8, 4) is 0 Å². The molecule has 1 aromatic carbocycles. The average Bonchev–Trinajstić information content (AvgIpc) is 2.91. The molecule has 0 saturated carbocycles. The van der Waals surface area contributed by atoms with Crippen molar-refractivity contribution >= 4 is 40.9 Å². The van der Waals surface area contributed by atoms with Gasteiger partial charge in [-0.05, 0) is 44.4 Å². The summed E-state index contributed by atoms with van der Waals surface area (Å²) in [5.74, 6) is 0.552. The molecule has 0 aromatic heterocycles. The number of halogens is 1. The number of hydrogen-bond acceptors (Lipinski definition) is 3. The van der Waals surface area contributed by atoms with Crippen LogP contribution >= 0.6 is 23.4 Å². The fourth-order valence-corrected chi connectivity index (χ4v) is 5.10. The summed E-state index contributed by atoms with van der Waals surface area (Å²) >= 11 is 7.94. The number of thioether (sulfide) groups is 1. The maximum Gasteiger partial charge on any atom is 0.248 e. The van der Waals surface area contributed by atoms with Gasteiger partial charge in [0.1, 0.15) is 6.04 Å². The van der Waals surface area contributed by atoms with Gasteiger partial charge in [-0.2, -0.15) is 0 Å². The SMILES string of the molecule is Cc1cc(C)c(NC(=O)[C@H]2CS[C@@]3(C)CCC(=O)N23)c(Cl)c1. The number of rotatable bonds is 2. The lowest BCUT2D eigenvalue weighted by Gasteiger charge is -2.30. The van der Waals surface area contributed by atoms with Crippen molar-refractivity contribution in [3.05, 3.63) is 28.3 Å². The first kappa shape index (κ1) is 15.7. The molecule has 0 aliphatic carbocycles. The van der Waals surface area contributed by atoms with Gasteiger partial charge >= 0.3 is 0 Å². The molecule has 0 unspecified atom stereocenters. The van der Waals surface area contributed by atoms with E-state index in [0.29, 0.717) is 22.9 Å². The molecule has 118 valence electrons. The van der Waals surface area contributed by atoms with Gasteiger partial charge in [-0.3, -0.25) is 9.59 Å². The van der Waals surface area contributed by atoms with Gasteiger partial charge in [-0.1, -0.05) is 17.7 Å². The fraction of sp³-hybridized carbons (Fsp3) is 0.500. The zero-order chi connectivity index (χ0) is 16.1. The Morgan fingerprint density at radius 1 is 1.45 bits per heavy atom. The van der Waals surface area contributed by atoms with Gasteiger partial charge in [0.05, 0.1) is 15.6 Å². The molecule has 2 aliphatic heterocycles. The quantitative estimate of drug-likeness (QED) is 0.899. The smallest absolute Gasteiger partial charge is 0.248 e. The summed E-state index contributed by atoms with van der Waals surface area (Å²) in [6, 6.07) is 3.40. The lowest BCUT2D eigenvalue weighted by Crippen LogP contribution is -2.48. The van der Waals surface area contributed by atoms with Crippen LogP contribution in [0.25, 0.3) is 0 Å². The van der Waals surface area contributed by atoms with Gasteiger partial charge in [-0.25, -0.2) is 0 Å². The summed E-state index contributed by atoms with van der Waals surface area (Å²) in [5, 5.41) is 3.45. The molecule has 1 aromatic rings. The normalized spacial score (nSPS) is 27.2. The number of benzene rings is 1. The van der Waals surface area contributed by atoms with Gasteiger partial charge < -0.3 is 10.2 Å². The van der Waals surface area contributed by atoms with Crippen LogP contribution in [0.1, 0.15) is 30.9 Å². The highest BCUT2D eigenvalue weighted by atomic mass is 35.5. The third kappa shape index (κ3) is 2.50. The molecular weight excluding hydrogens is 320 g/mol. The summed E-state index contributed by atoms with van der Waals surface area (Å²) in [6.45, 7) is 5.93. The first-order valence-electron chi connectivity index (χ1n) is 7.35. The van der Waals surface area contributed by atoms with Crippen LogP contribution in [-0.4, -0.2) is 33.4 Å². The number of amides is 2. The van der Waals surface area contributed by atoms with E-state index in [1.807, 2.05) is 32.9 Å². The first-order chi connectivity index (χ1) is 10.3. The van der Waals surface area contributed by atoms with Gasteiger partial charge in [0, 0.05) is 12.2 Å². The Morgan fingerprint density at radius 2 is 2.18 bits per heavy atom. The molecule has 2 aliphatic rings. The minimum atomic E-state index is -0.415. The van der Waals surface area contributed by atoms with E-state index in [2.05, 4.69) is 5.32 Å². The summed E-state index contributed by atoms with van der Waals surface area (Å²) in [6.07, 6.45) is 1.34. The minimum Gasteiger partial charge on any atom is -0.323 e. The third-order valence-electron chi connectivity index (χ3n) is 4.43. The number of nitrogens with one attached hydrogen (secondary N) is 1. The molecule has 2 atom stereocenters. The number of carbonyl (C=O) groups is 2. The summed E-state index contributed by atoms with van der Waals surface area (Å²) in [4.78, 5) is 26.3. The van der Waals surface area contributed by atoms with Crippen molar-refractivity contribution in [1.82, 2.24) is 4.90 Å². The maximum absolute atomic E-state index is 12.7. The Labute approximate surface area is 139 Å². The topological polar surface area (TPSA) is 49.4 Å². The molecular formula is C16H19ClN2O2S. The highest BCUT2D eigenvalue weighted by molar-refractivity contribution is 8.01. The third-order valence-corrected chi connectivity index (χ3v) is 6.23. The molecule has 3 rings (SSSR count). The van der Waals surface area contributed by atoms with E-state index in [-0.39, 0.29) is 16.7 Å². The lowest BCUT2D eigenvalue weighted by atomic mass is 10.1. The molecule has 0 spiro atoms. The number of carbonyl (C=O) groups excluding carboxylic acids is 2. The second kappa shape index (κ2) is 5.46. The van der Waals surface area contributed by atoms with Gasteiger partial charge in [0.15, 0.2) is 0 Å². The maximum atomic E-state index is 12.7. The second-order valence-electron chi connectivity index (χ2n) is 6.19. The Kier molecular flexibility index (Phi) is 3.89. The highest BCUT2D eigenvalue weighted by Gasteiger charge is 2.52. The van der Waals surface area contributed by atoms with Crippen molar-refractivity contribution in [2.75, 3.05) is 11.1 Å². The summed E-state index contributed by atoms with van der Waals surface area (Å²) in [7, 11) is 0. The van der Waals surface area contributed by atoms with E-state index in [1.54, 1.807) is 16.7 Å². The van der Waals surface area contributed by atoms with Crippen LogP contribution in [-0.2, 0) is 9.59 Å². The summed E-state index contributed by atoms with van der Waals surface area (Å²) < 4.78 is 0. The van der Waals surface area contributed by atoms with E-state index < -0.39 is 6.04 Å². The molecule has 0 radical (unpaired) electrons. The number of fused-ring (bicyclic) bond motifs is 1. The van der Waals surface area contributed by atoms with Crippen LogP contribution in [0.4, 0.5) is 5.69 Å². The van der Waals surface area contributed by atoms with Crippen LogP contribution < -0.4 is 5.32 Å². The fourth-order valence-electron chi connectivity index (χ4n) is 3.30. The van der Waals surface area contributed by atoms with Crippen molar-refractivity contribution in [2.24, 2.45) is 0 Å². The van der Waals surface area contributed by atoms with Crippen molar-refractivity contribution in [2.45, 2.75) is 44.5 Å². The van der Waals surface area contributed by atoms with Gasteiger partial charge in [-0.15, -0.1) is 11.8 Å². The molecule has 0 bridgehead atoms. The molecule has 2 saturated heterocycles. The van der Waals surface area contributed by atoms with E-state index in [1.165, 1.54) is 0 Å². The van der Waals surface area contributed by atoms with Crippen LogP contribution in [0, 0.1) is 13.8 Å². The molecule has 1 N–H and O–H groups in total. The molecule has 6 heteroatoms. The Morgan fingerprint density at radius 3 is 2.86 bits per heavy atom. The van der Waals surface area contributed by atoms with Gasteiger partial charge in [0.2, 0.25) is 11.8 Å². The van der Waals surface area contributed by atoms with Crippen molar-refractivity contribution in [3.63, 3.8) is 0 Å². The van der Waals surface area contributed by atoms with Crippen molar-refractivity contribution in [1.29, 1.82) is 0 Å². The zero-order valence-electron chi connectivity index (χ0n) is 12.9. The highest BCUT2D eigenvalue weighted by Crippen LogP contribution is 2.47.